The number of fused-ring (bicyclic) bond motifs is 1. The van der Waals surface area contributed by atoms with Crippen LogP contribution in [0.3, 0.4) is 0 Å². The Morgan fingerprint density at radius 3 is 2.65 bits per heavy atom. The van der Waals surface area contributed by atoms with Crippen molar-refractivity contribution in [2.24, 2.45) is 0 Å². The molecule has 1 aromatic heterocycles. The smallest absolute Gasteiger partial charge is 0.305 e. The van der Waals surface area contributed by atoms with Crippen molar-refractivity contribution in [2.75, 3.05) is 32.3 Å². The molecule has 7 heteroatoms. The lowest BCUT2D eigenvalue weighted by Crippen LogP contribution is -2.13. The van der Waals surface area contributed by atoms with Gasteiger partial charge in [0.05, 0.1) is 25.8 Å². The van der Waals surface area contributed by atoms with E-state index < -0.39 is 0 Å². The molecule has 1 heterocycles. The first-order valence-corrected chi connectivity index (χ1v) is 10.5. The van der Waals surface area contributed by atoms with Crippen molar-refractivity contribution in [3.8, 4) is 11.5 Å². The Balaban J connectivity index is 1.75. The largest absolute Gasteiger partial charge is 0.493 e. The number of ether oxygens (including phenoxy) is 3. The summed E-state index contributed by atoms with van der Waals surface area (Å²) in [7, 11) is 3.59. The average molecular weight is 424 g/mol. The maximum absolute atomic E-state index is 11.4. The zero-order valence-corrected chi connectivity index (χ0v) is 18.6. The zero-order chi connectivity index (χ0) is 22.2. The van der Waals surface area contributed by atoms with E-state index in [0.717, 1.165) is 28.8 Å². The molecule has 0 fully saturated rings. The highest BCUT2D eigenvalue weighted by atomic mass is 16.5. The van der Waals surface area contributed by atoms with Gasteiger partial charge in [-0.2, -0.15) is 0 Å². The first-order chi connectivity index (χ1) is 15.0. The molecule has 2 aromatic carbocycles. The molecule has 0 N–H and O–H groups in total. The van der Waals surface area contributed by atoms with Gasteiger partial charge in [-0.15, -0.1) is 0 Å². The molecule has 31 heavy (non-hydrogen) atoms. The Morgan fingerprint density at radius 1 is 1.06 bits per heavy atom. The van der Waals surface area contributed by atoms with Gasteiger partial charge in [-0.05, 0) is 51.0 Å². The fourth-order valence-corrected chi connectivity index (χ4v) is 3.32. The summed E-state index contributed by atoms with van der Waals surface area (Å²) in [5.74, 6) is 2.68. The zero-order valence-electron chi connectivity index (χ0n) is 18.6. The number of unbranched alkanes of at least 4 members (excludes halogenated alkanes) is 1. The van der Waals surface area contributed by atoms with Crippen LogP contribution in [0.5, 0.6) is 11.5 Å². The average Bonchev–Trinajstić information content (AvgIpc) is 2.77. The molecule has 0 aliphatic heterocycles. The molecule has 0 bridgehead atoms. The van der Waals surface area contributed by atoms with Gasteiger partial charge in [0, 0.05) is 30.6 Å². The van der Waals surface area contributed by atoms with Crippen molar-refractivity contribution in [3.05, 3.63) is 48.3 Å². The van der Waals surface area contributed by atoms with Crippen LogP contribution in [0.4, 0.5) is 11.5 Å². The van der Waals surface area contributed by atoms with Crippen LogP contribution in [-0.4, -0.2) is 43.3 Å². The minimum Gasteiger partial charge on any atom is -0.493 e. The molecule has 0 aliphatic rings. The molecular weight excluding hydrogens is 394 g/mol. The minimum absolute atomic E-state index is 0.170. The summed E-state index contributed by atoms with van der Waals surface area (Å²) in [5, 5.41) is 0.979. The number of rotatable bonds is 10. The Labute approximate surface area is 183 Å². The monoisotopic (exact) mass is 423 g/mol. The summed E-state index contributed by atoms with van der Waals surface area (Å²) < 4.78 is 16.4. The second-order valence-corrected chi connectivity index (χ2v) is 7.12. The second kappa shape index (κ2) is 10.6. The summed E-state index contributed by atoms with van der Waals surface area (Å²) in [6, 6.07) is 13.8. The van der Waals surface area contributed by atoms with E-state index in [-0.39, 0.29) is 5.97 Å². The molecule has 0 saturated heterocycles. The maximum Gasteiger partial charge on any atom is 0.305 e. The minimum atomic E-state index is -0.170. The summed E-state index contributed by atoms with van der Waals surface area (Å²) in [6.07, 6.45) is 1.86. The quantitative estimate of drug-likeness (QED) is 0.342. The predicted octanol–water partition coefficient (Wildman–Crippen LogP) is 4.83. The standard InChI is InChI=1S/C24H29N3O4/c1-5-30-23(28)12-8-9-15-31-22-16-18(13-14-21(22)29-4)27(3)24-19-10-6-7-11-20(19)25-17(2)26-24/h6-7,10-11,13-14,16H,5,8-9,12,15H2,1-4H3. The normalized spacial score (nSPS) is 10.7. The van der Waals surface area contributed by atoms with Crippen LogP contribution in [0, 0.1) is 6.92 Å². The molecule has 0 saturated carbocycles. The van der Waals surface area contributed by atoms with Crippen molar-refractivity contribution in [2.45, 2.75) is 33.1 Å². The summed E-state index contributed by atoms with van der Waals surface area (Å²) in [4.78, 5) is 22.7. The Kier molecular flexibility index (Phi) is 7.65. The number of esters is 1. The SMILES string of the molecule is CCOC(=O)CCCCOc1cc(N(C)c2nc(C)nc3ccccc23)ccc1OC. The Morgan fingerprint density at radius 2 is 1.87 bits per heavy atom. The van der Waals surface area contributed by atoms with Crippen LogP contribution >= 0.6 is 0 Å². The van der Waals surface area contributed by atoms with Gasteiger partial charge in [0.15, 0.2) is 11.5 Å². The van der Waals surface area contributed by atoms with Crippen molar-refractivity contribution in [3.63, 3.8) is 0 Å². The van der Waals surface area contributed by atoms with Crippen LogP contribution in [0.15, 0.2) is 42.5 Å². The fraction of sp³-hybridized carbons (Fsp3) is 0.375. The molecule has 0 spiro atoms. The highest BCUT2D eigenvalue weighted by Gasteiger charge is 2.14. The first kappa shape index (κ1) is 22.3. The van der Waals surface area contributed by atoms with E-state index in [2.05, 4.69) is 9.97 Å². The highest BCUT2D eigenvalue weighted by Crippen LogP contribution is 2.35. The predicted molar refractivity (Wildman–Crippen MR) is 121 cm³/mol. The number of hydrogen-bond acceptors (Lipinski definition) is 7. The number of aromatic nitrogens is 2. The van der Waals surface area contributed by atoms with Crippen molar-refractivity contribution in [1.82, 2.24) is 9.97 Å². The van der Waals surface area contributed by atoms with E-state index in [4.69, 9.17) is 14.2 Å². The van der Waals surface area contributed by atoms with Gasteiger partial charge in [0.1, 0.15) is 11.6 Å². The highest BCUT2D eigenvalue weighted by molar-refractivity contribution is 5.91. The van der Waals surface area contributed by atoms with Crippen molar-refractivity contribution in [1.29, 1.82) is 0 Å². The number of benzene rings is 2. The van der Waals surface area contributed by atoms with E-state index in [1.54, 1.807) is 7.11 Å². The molecule has 0 amide bonds. The van der Waals surface area contributed by atoms with Crippen molar-refractivity contribution < 1.29 is 19.0 Å². The maximum atomic E-state index is 11.4. The lowest BCUT2D eigenvalue weighted by Gasteiger charge is -2.22. The van der Waals surface area contributed by atoms with E-state index in [9.17, 15) is 4.79 Å². The van der Waals surface area contributed by atoms with E-state index >= 15 is 0 Å². The summed E-state index contributed by atoms with van der Waals surface area (Å²) in [5.41, 5.74) is 1.83. The number of methoxy groups -OCH3 is 1. The lowest BCUT2D eigenvalue weighted by atomic mass is 10.2. The van der Waals surface area contributed by atoms with Gasteiger partial charge in [-0.3, -0.25) is 4.79 Å². The summed E-state index contributed by atoms with van der Waals surface area (Å²) in [6.45, 7) is 4.60. The van der Waals surface area contributed by atoms with Crippen LogP contribution < -0.4 is 14.4 Å². The molecule has 3 rings (SSSR count). The Bertz CT molecular complexity index is 1040. The third-order valence-corrected chi connectivity index (χ3v) is 4.89. The van der Waals surface area contributed by atoms with Gasteiger partial charge in [0.2, 0.25) is 0 Å². The third kappa shape index (κ3) is 5.63. The number of para-hydroxylation sites is 1. The van der Waals surface area contributed by atoms with Crippen LogP contribution in [-0.2, 0) is 9.53 Å². The number of anilines is 2. The molecule has 0 aliphatic carbocycles. The molecule has 0 unspecified atom stereocenters. The van der Waals surface area contributed by atoms with Crippen LogP contribution in [0.1, 0.15) is 32.0 Å². The first-order valence-electron chi connectivity index (χ1n) is 10.5. The van der Waals surface area contributed by atoms with Gasteiger partial charge in [0.25, 0.3) is 0 Å². The van der Waals surface area contributed by atoms with Gasteiger partial charge >= 0.3 is 5.97 Å². The van der Waals surface area contributed by atoms with Crippen LogP contribution in [0.25, 0.3) is 10.9 Å². The van der Waals surface area contributed by atoms with Gasteiger partial charge < -0.3 is 19.1 Å². The Hall–Kier alpha value is -3.35. The van der Waals surface area contributed by atoms with Crippen molar-refractivity contribution >= 4 is 28.4 Å². The summed E-state index contributed by atoms with van der Waals surface area (Å²) >= 11 is 0. The third-order valence-electron chi connectivity index (χ3n) is 4.89. The topological polar surface area (TPSA) is 73.8 Å². The van der Waals surface area contributed by atoms with Gasteiger partial charge in [-0.1, -0.05) is 12.1 Å². The molecule has 0 atom stereocenters. The van der Waals surface area contributed by atoms with E-state index in [1.807, 2.05) is 68.3 Å². The number of aryl methyl sites for hydroxylation is 1. The van der Waals surface area contributed by atoms with Crippen LogP contribution in [0.2, 0.25) is 0 Å². The molecular formula is C24H29N3O4. The van der Waals surface area contributed by atoms with E-state index in [0.29, 0.717) is 43.4 Å². The molecule has 7 nitrogen and oxygen atoms in total. The number of hydrogen-bond donors (Lipinski definition) is 0. The molecule has 164 valence electrons. The van der Waals surface area contributed by atoms with Gasteiger partial charge in [-0.25, -0.2) is 9.97 Å². The second-order valence-electron chi connectivity index (χ2n) is 7.12. The lowest BCUT2D eigenvalue weighted by molar-refractivity contribution is -0.143. The number of carbonyl (C=O) groups is 1. The number of nitrogens with zero attached hydrogens (tertiary/aromatic N) is 3. The van der Waals surface area contributed by atoms with E-state index in [1.165, 1.54) is 0 Å². The molecule has 3 aromatic rings. The number of carbonyl (C=O) groups excluding carboxylic acids is 1. The fourth-order valence-electron chi connectivity index (χ4n) is 3.32. The molecule has 0 radical (unpaired) electrons.